The molecule has 2 amide bonds. The van der Waals surface area contributed by atoms with Gasteiger partial charge < -0.3 is 10.6 Å². The summed E-state index contributed by atoms with van der Waals surface area (Å²) in [6.45, 7) is 4.37. The maximum Gasteiger partial charge on any atom is 0.251 e. The molecule has 0 aliphatic rings. The molecule has 1 atom stereocenters. The van der Waals surface area contributed by atoms with Crippen molar-refractivity contribution in [2.45, 2.75) is 26.3 Å². The monoisotopic (exact) mass is 364 g/mol. The van der Waals surface area contributed by atoms with Crippen LogP contribution >= 0.6 is 22.9 Å². The molecule has 0 aliphatic carbocycles. The van der Waals surface area contributed by atoms with E-state index in [2.05, 4.69) is 10.6 Å². The normalized spacial score (nSPS) is 12.0. The quantitative estimate of drug-likeness (QED) is 0.789. The van der Waals surface area contributed by atoms with Gasteiger partial charge in [0.15, 0.2) is 0 Å². The van der Waals surface area contributed by atoms with Crippen LogP contribution in [0.5, 0.6) is 0 Å². The number of hydrogen-bond donors (Lipinski definition) is 2. The molecule has 1 unspecified atom stereocenters. The summed E-state index contributed by atoms with van der Waals surface area (Å²) in [6, 6.07) is 10.1. The predicted molar refractivity (Wildman–Crippen MR) is 98.6 cm³/mol. The lowest BCUT2D eigenvalue weighted by atomic mass is 10.0. The summed E-state index contributed by atoms with van der Waals surface area (Å²) in [5.74, 6) is -0.453. The summed E-state index contributed by atoms with van der Waals surface area (Å²) in [6.07, 6.45) is 0.791. The van der Waals surface area contributed by atoms with Crippen LogP contribution < -0.4 is 10.6 Å². The fourth-order valence-corrected chi connectivity index (χ4v) is 3.07. The average molecular weight is 365 g/mol. The summed E-state index contributed by atoms with van der Waals surface area (Å²) in [7, 11) is 0. The molecule has 4 nitrogen and oxygen atoms in total. The number of amides is 2. The molecule has 24 heavy (non-hydrogen) atoms. The van der Waals surface area contributed by atoms with Crippen molar-refractivity contribution in [2.75, 3.05) is 6.54 Å². The second-order valence-electron chi connectivity index (χ2n) is 5.82. The van der Waals surface area contributed by atoms with Gasteiger partial charge in [0.2, 0.25) is 5.91 Å². The Hall–Kier alpha value is -1.85. The van der Waals surface area contributed by atoms with Gasteiger partial charge in [0, 0.05) is 22.0 Å². The predicted octanol–water partition coefficient (Wildman–Crippen LogP) is 3.51. The van der Waals surface area contributed by atoms with Crippen LogP contribution in [-0.2, 0) is 11.2 Å². The number of carbonyl (C=O) groups is 2. The second-order valence-corrected chi connectivity index (χ2v) is 7.29. The Balaban J connectivity index is 1.91. The first-order valence-electron chi connectivity index (χ1n) is 7.84. The summed E-state index contributed by atoms with van der Waals surface area (Å²) in [5, 5.41) is 8.29. The number of hydrogen-bond acceptors (Lipinski definition) is 3. The van der Waals surface area contributed by atoms with E-state index in [0.717, 1.165) is 6.42 Å². The standard InChI is InChI=1S/C18H21ClN2O2S/c1-12(2)16(18(23)20-10-9-15-4-3-11-24-15)21-17(22)13-5-7-14(19)8-6-13/h3-8,11-12,16H,9-10H2,1-2H3,(H,20,23)(H,21,22). The number of halogens is 1. The molecule has 2 aromatic rings. The highest BCUT2D eigenvalue weighted by atomic mass is 35.5. The molecule has 0 saturated carbocycles. The van der Waals surface area contributed by atoms with Crippen molar-refractivity contribution in [2.24, 2.45) is 5.92 Å². The van der Waals surface area contributed by atoms with Gasteiger partial charge in [-0.15, -0.1) is 11.3 Å². The minimum absolute atomic E-state index is 0.0111. The minimum atomic E-state index is -0.573. The fraction of sp³-hybridized carbons (Fsp3) is 0.333. The van der Waals surface area contributed by atoms with E-state index >= 15 is 0 Å². The van der Waals surface area contributed by atoms with Gasteiger partial charge in [-0.3, -0.25) is 9.59 Å². The zero-order valence-electron chi connectivity index (χ0n) is 13.7. The third-order valence-electron chi connectivity index (χ3n) is 3.59. The van der Waals surface area contributed by atoms with E-state index < -0.39 is 6.04 Å². The molecular formula is C18H21ClN2O2S. The van der Waals surface area contributed by atoms with E-state index in [1.807, 2.05) is 31.4 Å². The lowest BCUT2D eigenvalue weighted by Gasteiger charge is -2.21. The van der Waals surface area contributed by atoms with Crippen LogP contribution in [0.25, 0.3) is 0 Å². The van der Waals surface area contributed by atoms with Crippen LogP contribution in [0.1, 0.15) is 29.1 Å². The van der Waals surface area contributed by atoms with E-state index in [-0.39, 0.29) is 17.7 Å². The number of benzene rings is 1. The highest BCUT2D eigenvalue weighted by Gasteiger charge is 2.24. The highest BCUT2D eigenvalue weighted by Crippen LogP contribution is 2.11. The molecule has 0 bridgehead atoms. The first-order chi connectivity index (χ1) is 11.5. The van der Waals surface area contributed by atoms with Crippen LogP contribution in [0.2, 0.25) is 5.02 Å². The summed E-state index contributed by atoms with van der Waals surface area (Å²) >= 11 is 7.49. The molecule has 2 rings (SSSR count). The van der Waals surface area contributed by atoms with Gasteiger partial charge >= 0.3 is 0 Å². The Morgan fingerprint density at radius 1 is 1.17 bits per heavy atom. The molecule has 128 valence electrons. The molecule has 1 aromatic heterocycles. The van der Waals surface area contributed by atoms with Crippen LogP contribution in [0.15, 0.2) is 41.8 Å². The van der Waals surface area contributed by atoms with Gasteiger partial charge in [-0.25, -0.2) is 0 Å². The molecule has 0 saturated heterocycles. The Morgan fingerprint density at radius 3 is 2.46 bits per heavy atom. The minimum Gasteiger partial charge on any atom is -0.354 e. The van der Waals surface area contributed by atoms with Crippen LogP contribution in [0, 0.1) is 5.92 Å². The average Bonchev–Trinajstić information content (AvgIpc) is 3.06. The van der Waals surface area contributed by atoms with Crippen molar-refractivity contribution in [3.05, 3.63) is 57.2 Å². The lowest BCUT2D eigenvalue weighted by Crippen LogP contribution is -2.50. The van der Waals surface area contributed by atoms with Gasteiger partial charge in [0.25, 0.3) is 5.91 Å². The number of rotatable bonds is 7. The van der Waals surface area contributed by atoms with Crippen LogP contribution in [-0.4, -0.2) is 24.4 Å². The van der Waals surface area contributed by atoms with Crippen molar-refractivity contribution in [1.82, 2.24) is 10.6 Å². The van der Waals surface area contributed by atoms with Gasteiger partial charge in [-0.1, -0.05) is 31.5 Å². The van der Waals surface area contributed by atoms with Crippen molar-refractivity contribution in [1.29, 1.82) is 0 Å². The highest BCUT2D eigenvalue weighted by molar-refractivity contribution is 7.09. The smallest absolute Gasteiger partial charge is 0.251 e. The van der Waals surface area contributed by atoms with Gasteiger partial charge in [-0.2, -0.15) is 0 Å². The van der Waals surface area contributed by atoms with Gasteiger partial charge in [0.1, 0.15) is 6.04 Å². The second kappa shape index (κ2) is 8.85. The molecule has 6 heteroatoms. The molecular weight excluding hydrogens is 344 g/mol. The molecule has 1 heterocycles. The zero-order valence-corrected chi connectivity index (χ0v) is 15.3. The van der Waals surface area contributed by atoms with E-state index in [0.29, 0.717) is 17.1 Å². The zero-order chi connectivity index (χ0) is 17.5. The molecule has 1 aromatic carbocycles. The van der Waals surface area contributed by atoms with E-state index in [9.17, 15) is 9.59 Å². The number of nitrogens with one attached hydrogen (secondary N) is 2. The van der Waals surface area contributed by atoms with Gasteiger partial charge in [0.05, 0.1) is 0 Å². The summed E-state index contributed by atoms with van der Waals surface area (Å²) in [5.41, 5.74) is 0.483. The van der Waals surface area contributed by atoms with E-state index in [4.69, 9.17) is 11.6 Å². The molecule has 0 fully saturated rings. The van der Waals surface area contributed by atoms with Crippen LogP contribution in [0.4, 0.5) is 0 Å². The lowest BCUT2D eigenvalue weighted by molar-refractivity contribution is -0.123. The van der Waals surface area contributed by atoms with Crippen LogP contribution in [0.3, 0.4) is 0 Å². The third kappa shape index (κ3) is 5.35. The van der Waals surface area contributed by atoms with Crippen molar-refractivity contribution < 1.29 is 9.59 Å². The van der Waals surface area contributed by atoms with Crippen molar-refractivity contribution in [3.63, 3.8) is 0 Å². The first-order valence-corrected chi connectivity index (χ1v) is 9.09. The van der Waals surface area contributed by atoms with E-state index in [1.54, 1.807) is 35.6 Å². The van der Waals surface area contributed by atoms with Crippen molar-refractivity contribution in [3.8, 4) is 0 Å². The number of carbonyl (C=O) groups excluding carboxylic acids is 2. The number of thiophene rings is 1. The Kier molecular flexibility index (Phi) is 6.82. The topological polar surface area (TPSA) is 58.2 Å². The molecule has 2 N–H and O–H groups in total. The van der Waals surface area contributed by atoms with Gasteiger partial charge in [-0.05, 0) is 48.1 Å². The molecule has 0 aliphatic heterocycles. The summed E-state index contributed by atoms with van der Waals surface area (Å²) in [4.78, 5) is 25.9. The Morgan fingerprint density at radius 2 is 1.88 bits per heavy atom. The largest absolute Gasteiger partial charge is 0.354 e. The van der Waals surface area contributed by atoms with Crippen molar-refractivity contribution >= 4 is 34.8 Å². The summed E-state index contributed by atoms with van der Waals surface area (Å²) < 4.78 is 0. The maximum atomic E-state index is 12.4. The SMILES string of the molecule is CC(C)C(NC(=O)c1ccc(Cl)cc1)C(=O)NCCc1cccs1. The third-order valence-corrected chi connectivity index (χ3v) is 4.78. The maximum absolute atomic E-state index is 12.4. The fourth-order valence-electron chi connectivity index (χ4n) is 2.23. The molecule has 0 spiro atoms. The Labute approximate surface area is 151 Å². The van der Waals surface area contributed by atoms with E-state index in [1.165, 1.54) is 4.88 Å². The molecule has 0 radical (unpaired) electrons. The first kappa shape index (κ1) is 18.5. The Bertz CT molecular complexity index is 669.